The highest BCUT2D eigenvalue weighted by molar-refractivity contribution is 6.17. The molecule has 0 fully saturated rings. The Bertz CT molecular complexity index is 524. The Morgan fingerprint density at radius 1 is 1.50 bits per heavy atom. The molecule has 0 aliphatic rings. The van der Waals surface area contributed by atoms with E-state index in [0.29, 0.717) is 0 Å². The largest absolute Gasteiger partial charge is 0.462 e. The van der Waals surface area contributed by atoms with Crippen LogP contribution in [0.1, 0.15) is 22.8 Å². The topological polar surface area (TPSA) is 78.7 Å². The number of ether oxygens (including phenoxy) is 2. The van der Waals surface area contributed by atoms with E-state index >= 15 is 0 Å². The summed E-state index contributed by atoms with van der Waals surface area (Å²) in [5.41, 5.74) is -1.02. The number of hydrogen-bond donors (Lipinski definition) is 0. The van der Waals surface area contributed by atoms with Gasteiger partial charge in [0.15, 0.2) is 0 Å². The molecule has 0 unspecified atom stereocenters. The molecule has 1 rings (SSSR count). The molecular formula is C11H10ClF2NO5. The first-order valence-electron chi connectivity index (χ1n) is 5.39. The summed E-state index contributed by atoms with van der Waals surface area (Å²) in [4.78, 5) is 21.6. The van der Waals surface area contributed by atoms with E-state index in [2.05, 4.69) is 9.47 Å². The van der Waals surface area contributed by atoms with Gasteiger partial charge in [0.25, 0.3) is 0 Å². The van der Waals surface area contributed by atoms with Crippen molar-refractivity contribution < 1.29 is 28.0 Å². The number of esters is 1. The van der Waals surface area contributed by atoms with E-state index in [1.807, 2.05) is 0 Å². The van der Waals surface area contributed by atoms with Crippen LogP contribution < -0.4 is 4.74 Å². The number of nitro groups is 1. The van der Waals surface area contributed by atoms with Gasteiger partial charge in [-0.25, -0.2) is 4.79 Å². The Kier molecular flexibility index (Phi) is 5.63. The number of halogens is 3. The predicted octanol–water partition coefficient (Wildman–Crippen LogP) is 3.11. The van der Waals surface area contributed by atoms with Crippen molar-refractivity contribution >= 4 is 23.3 Å². The summed E-state index contributed by atoms with van der Waals surface area (Å²) >= 11 is 5.55. The molecule has 0 spiro atoms. The molecule has 0 amide bonds. The third-order valence-electron chi connectivity index (χ3n) is 2.18. The van der Waals surface area contributed by atoms with Gasteiger partial charge in [-0.3, -0.25) is 10.1 Å². The molecule has 6 nitrogen and oxygen atoms in total. The van der Waals surface area contributed by atoms with Gasteiger partial charge in [-0.15, -0.1) is 11.6 Å². The molecule has 0 saturated carbocycles. The van der Waals surface area contributed by atoms with Crippen LogP contribution in [0.5, 0.6) is 5.75 Å². The van der Waals surface area contributed by atoms with Crippen LogP contribution in [0.25, 0.3) is 0 Å². The van der Waals surface area contributed by atoms with Crippen molar-refractivity contribution in [3.05, 3.63) is 33.4 Å². The first-order valence-corrected chi connectivity index (χ1v) is 5.93. The van der Waals surface area contributed by atoms with E-state index in [4.69, 9.17) is 11.6 Å². The summed E-state index contributed by atoms with van der Waals surface area (Å²) < 4.78 is 33.4. The van der Waals surface area contributed by atoms with Crippen molar-refractivity contribution in [1.82, 2.24) is 0 Å². The third kappa shape index (κ3) is 3.77. The lowest BCUT2D eigenvalue weighted by Crippen LogP contribution is -2.13. The van der Waals surface area contributed by atoms with Gasteiger partial charge < -0.3 is 9.47 Å². The Labute approximate surface area is 117 Å². The van der Waals surface area contributed by atoms with Gasteiger partial charge in [0, 0.05) is 11.9 Å². The van der Waals surface area contributed by atoms with Crippen molar-refractivity contribution in [3.8, 4) is 5.75 Å². The van der Waals surface area contributed by atoms with Crippen LogP contribution in [-0.4, -0.2) is 24.1 Å². The van der Waals surface area contributed by atoms with Crippen LogP contribution in [0.3, 0.4) is 0 Å². The molecule has 0 aliphatic carbocycles. The molecule has 9 heteroatoms. The molecule has 0 N–H and O–H groups in total. The monoisotopic (exact) mass is 309 g/mol. The fourth-order valence-electron chi connectivity index (χ4n) is 1.46. The number of alkyl halides is 3. The molecule has 0 saturated heterocycles. The summed E-state index contributed by atoms with van der Waals surface area (Å²) in [6, 6.07) is 2.09. The quantitative estimate of drug-likeness (QED) is 0.349. The second-order valence-electron chi connectivity index (χ2n) is 3.48. The van der Waals surface area contributed by atoms with Gasteiger partial charge in [-0.05, 0) is 18.6 Å². The standard InChI is InChI=1S/C11H10ClF2NO5/c1-2-19-10(16)7-3-6(5-12)4-8(15(17)18)9(7)20-11(13)14/h3-4,11H,2,5H2,1H3. The smallest absolute Gasteiger partial charge is 0.387 e. The fraction of sp³-hybridized carbons (Fsp3) is 0.364. The number of carbonyl (C=O) groups excluding carboxylic acids is 1. The predicted molar refractivity (Wildman–Crippen MR) is 65.2 cm³/mol. The van der Waals surface area contributed by atoms with E-state index in [9.17, 15) is 23.7 Å². The maximum atomic E-state index is 12.4. The Hall–Kier alpha value is -1.96. The lowest BCUT2D eigenvalue weighted by molar-refractivity contribution is -0.386. The van der Waals surface area contributed by atoms with Gasteiger partial charge >= 0.3 is 18.3 Å². The minimum Gasteiger partial charge on any atom is -0.462 e. The average Bonchev–Trinajstić information content (AvgIpc) is 2.38. The second kappa shape index (κ2) is 6.99. The second-order valence-corrected chi connectivity index (χ2v) is 3.75. The summed E-state index contributed by atoms with van der Waals surface area (Å²) in [5, 5.41) is 10.9. The summed E-state index contributed by atoms with van der Waals surface area (Å²) in [5.74, 6) is -1.97. The van der Waals surface area contributed by atoms with Gasteiger partial charge in [-0.2, -0.15) is 8.78 Å². The minimum absolute atomic E-state index is 0.0220. The van der Waals surface area contributed by atoms with Crippen molar-refractivity contribution in [2.24, 2.45) is 0 Å². The maximum absolute atomic E-state index is 12.4. The fourth-order valence-corrected chi connectivity index (χ4v) is 1.61. The zero-order valence-corrected chi connectivity index (χ0v) is 11.0. The van der Waals surface area contributed by atoms with Crippen LogP contribution in [0.15, 0.2) is 12.1 Å². The van der Waals surface area contributed by atoms with Crippen molar-refractivity contribution in [2.45, 2.75) is 19.4 Å². The highest BCUT2D eigenvalue weighted by Gasteiger charge is 2.28. The SMILES string of the molecule is CCOC(=O)c1cc(CCl)cc([N+](=O)[O-])c1OC(F)F. The van der Waals surface area contributed by atoms with E-state index in [-0.39, 0.29) is 18.1 Å². The first kappa shape index (κ1) is 16.1. The molecule has 0 aliphatic heterocycles. The number of hydrogen-bond acceptors (Lipinski definition) is 5. The maximum Gasteiger partial charge on any atom is 0.387 e. The average molecular weight is 310 g/mol. The summed E-state index contributed by atoms with van der Waals surface area (Å²) in [6.45, 7) is -1.83. The lowest BCUT2D eigenvalue weighted by atomic mass is 10.1. The Balaban J connectivity index is 3.46. The molecule has 110 valence electrons. The first-order chi connectivity index (χ1) is 9.40. The number of nitrogens with zero attached hydrogens (tertiary/aromatic N) is 1. The molecular weight excluding hydrogens is 300 g/mol. The van der Waals surface area contributed by atoms with Gasteiger partial charge in [0.05, 0.1) is 11.5 Å². The summed E-state index contributed by atoms with van der Waals surface area (Å²) in [6.07, 6.45) is 0. The normalized spacial score (nSPS) is 10.4. The molecule has 0 radical (unpaired) electrons. The van der Waals surface area contributed by atoms with Crippen LogP contribution >= 0.6 is 11.6 Å². The molecule has 0 heterocycles. The Morgan fingerprint density at radius 3 is 2.60 bits per heavy atom. The van der Waals surface area contributed by atoms with Crippen molar-refractivity contribution in [1.29, 1.82) is 0 Å². The van der Waals surface area contributed by atoms with Gasteiger partial charge in [0.1, 0.15) is 5.56 Å². The number of carbonyl (C=O) groups is 1. The van der Waals surface area contributed by atoms with E-state index in [1.54, 1.807) is 0 Å². The highest BCUT2D eigenvalue weighted by Crippen LogP contribution is 2.35. The number of rotatable bonds is 6. The van der Waals surface area contributed by atoms with E-state index < -0.39 is 34.5 Å². The van der Waals surface area contributed by atoms with Gasteiger partial charge in [0.2, 0.25) is 5.75 Å². The van der Waals surface area contributed by atoms with Crippen molar-refractivity contribution in [2.75, 3.05) is 6.61 Å². The van der Waals surface area contributed by atoms with E-state index in [0.717, 1.165) is 12.1 Å². The Morgan fingerprint density at radius 2 is 2.15 bits per heavy atom. The van der Waals surface area contributed by atoms with E-state index in [1.165, 1.54) is 6.92 Å². The zero-order chi connectivity index (χ0) is 15.3. The molecule has 0 atom stereocenters. The highest BCUT2D eigenvalue weighted by atomic mass is 35.5. The van der Waals surface area contributed by atoms with Crippen LogP contribution in [0.2, 0.25) is 0 Å². The molecule has 0 aromatic heterocycles. The zero-order valence-electron chi connectivity index (χ0n) is 10.3. The number of benzene rings is 1. The number of nitro benzene ring substituents is 1. The summed E-state index contributed by atoms with van der Waals surface area (Å²) in [7, 11) is 0. The van der Waals surface area contributed by atoms with Crippen LogP contribution in [0.4, 0.5) is 14.5 Å². The third-order valence-corrected chi connectivity index (χ3v) is 2.49. The minimum atomic E-state index is -3.32. The van der Waals surface area contributed by atoms with Crippen LogP contribution in [0, 0.1) is 10.1 Å². The molecule has 1 aromatic rings. The molecule has 1 aromatic carbocycles. The van der Waals surface area contributed by atoms with Crippen LogP contribution in [-0.2, 0) is 10.6 Å². The molecule has 20 heavy (non-hydrogen) atoms. The molecule has 0 bridgehead atoms. The van der Waals surface area contributed by atoms with Gasteiger partial charge in [-0.1, -0.05) is 0 Å². The lowest BCUT2D eigenvalue weighted by Gasteiger charge is -2.11. The van der Waals surface area contributed by atoms with Crippen molar-refractivity contribution in [3.63, 3.8) is 0 Å².